The van der Waals surface area contributed by atoms with Crippen molar-refractivity contribution < 1.29 is 9.47 Å². The van der Waals surface area contributed by atoms with Crippen LogP contribution in [0.25, 0.3) is 0 Å². The number of ether oxygens (including phenoxy) is 2. The van der Waals surface area contributed by atoms with E-state index in [1.165, 1.54) is 51.4 Å². The van der Waals surface area contributed by atoms with Crippen LogP contribution >= 0.6 is 0 Å². The molecule has 2 heteroatoms. The molecule has 1 unspecified atom stereocenters. The predicted molar refractivity (Wildman–Crippen MR) is 51.5 cm³/mol. The minimum Gasteiger partial charge on any atom is -0.307 e. The van der Waals surface area contributed by atoms with Crippen LogP contribution in [-0.4, -0.2) is 11.6 Å². The summed E-state index contributed by atoms with van der Waals surface area (Å²) in [6.07, 6.45) is 11.0. The van der Waals surface area contributed by atoms with Crippen LogP contribution in [0, 0.1) is 11.8 Å². The summed E-state index contributed by atoms with van der Waals surface area (Å²) in [5, 5.41) is 0. The molecule has 4 rings (SSSR count). The Labute approximate surface area is 85.0 Å². The van der Waals surface area contributed by atoms with Crippen molar-refractivity contribution in [1.82, 2.24) is 0 Å². The molecular weight excluding hydrogens is 176 g/mol. The molecule has 78 valence electrons. The Bertz CT molecular complexity index is 261. The molecule has 0 spiro atoms. The summed E-state index contributed by atoms with van der Waals surface area (Å²) in [5.74, 6) is 1.84. The molecule has 2 saturated heterocycles. The maximum Gasteiger partial charge on any atom is 0.229 e. The average molecular weight is 194 g/mol. The first-order chi connectivity index (χ1) is 6.84. The van der Waals surface area contributed by atoms with Gasteiger partial charge in [0.1, 0.15) is 0 Å². The molecule has 0 aromatic rings. The maximum absolute atomic E-state index is 5.64. The van der Waals surface area contributed by atoms with E-state index in [4.69, 9.17) is 9.47 Å². The van der Waals surface area contributed by atoms with E-state index in [0.717, 1.165) is 11.8 Å². The van der Waals surface area contributed by atoms with Crippen molar-refractivity contribution in [1.29, 1.82) is 0 Å². The fourth-order valence-electron chi connectivity index (χ4n) is 3.85. The van der Waals surface area contributed by atoms with E-state index in [0.29, 0.717) is 0 Å². The Morgan fingerprint density at radius 3 is 2.29 bits per heavy atom. The van der Waals surface area contributed by atoms with Crippen LogP contribution in [-0.2, 0) is 9.47 Å². The first-order valence-corrected chi connectivity index (χ1v) is 6.24. The van der Waals surface area contributed by atoms with Crippen LogP contribution in [0.2, 0.25) is 0 Å². The smallest absolute Gasteiger partial charge is 0.229 e. The van der Waals surface area contributed by atoms with E-state index in [1.54, 1.807) is 0 Å². The topological polar surface area (TPSA) is 25.1 Å². The highest BCUT2D eigenvalue weighted by Crippen LogP contribution is 2.75. The number of hydrogen-bond donors (Lipinski definition) is 0. The van der Waals surface area contributed by atoms with Gasteiger partial charge >= 0.3 is 0 Å². The molecule has 0 aromatic heterocycles. The summed E-state index contributed by atoms with van der Waals surface area (Å²) in [7, 11) is 0. The monoisotopic (exact) mass is 194 g/mol. The molecule has 2 aliphatic carbocycles. The van der Waals surface area contributed by atoms with Gasteiger partial charge in [-0.15, -0.1) is 0 Å². The summed E-state index contributed by atoms with van der Waals surface area (Å²) >= 11 is 0. The third-order valence-corrected chi connectivity index (χ3v) is 4.85. The fourth-order valence-corrected chi connectivity index (χ4v) is 3.85. The van der Waals surface area contributed by atoms with Crippen molar-refractivity contribution in [3.05, 3.63) is 0 Å². The van der Waals surface area contributed by atoms with E-state index in [1.807, 2.05) is 0 Å². The first-order valence-electron chi connectivity index (χ1n) is 6.24. The molecule has 1 atom stereocenters. The summed E-state index contributed by atoms with van der Waals surface area (Å²) in [4.78, 5) is 0. The molecular formula is C12H18O2. The van der Waals surface area contributed by atoms with E-state index in [2.05, 4.69) is 0 Å². The molecule has 4 aliphatic rings. The lowest BCUT2D eigenvalue weighted by molar-refractivity contribution is -0.0948. The Morgan fingerprint density at radius 2 is 1.57 bits per heavy atom. The van der Waals surface area contributed by atoms with Crippen LogP contribution in [0.5, 0.6) is 0 Å². The molecule has 0 radical (unpaired) electrons. The summed E-state index contributed by atoms with van der Waals surface area (Å²) in [6.45, 7) is 0. The van der Waals surface area contributed by atoms with E-state index in [-0.39, 0.29) is 11.6 Å². The zero-order valence-corrected chi connectivity index (χ0v) is 8.63. The summed E-state index contributed by atoms with van der Waals surface area (Å²) < 4.78 is 11.3. The second-order valence-corrected chi connectivity index (χ2v) is 5.61. The van der Waals surface area contributed by atoms with E-state index >= 15 is 0 Å². The van der Waals surface area contributed by atoms with Crippen LogP contribution in [0.4, 0.5) is 0 Å². The fraction of sp³-hybridized carbons (Fsp3) is 1.00. The lowest BCUT2D eigenvalue weighted by atomic mass is 9.73. The molecule has 2 aliphatic heterocycles. The molecule has 0 aromatic carbocycles. The molecule has 2 nitrogen and oxygen atoms in total. The molecule has 2 heterocycles. The lowest BCUT2D eigenvalue weighted by Gasteiger charge is -2.30. The van der Waals surface area contributed by atoms with Gasteiger partial charge in [-0.1, -0.05) is 32.1 Å². The van der Waals surface area contributed by atoms with Crippen LogP contribution in [0.15, 0.2) is 0 Å². The van der Waals surface area contributed by atoms with Gasteiger partial charge < -0.3 is 9.47 Å². The van der Waals surface area contributed by atoms with Gasteiger partial charge in [-0.3, -0.25) is 0 Å². The standard InChI is InChI=1S/C12H18O2/c1-2-4-9(5-3-1)10-6-7-11-12(8-10,13-11)14-11/h9-10H,1-8H2. The van der Waals surface area contributed by atoms with Gasteiger partial charge in [0.15, 0.2) is 0 Å². The van der Waals surface area contributed by atoms with Gasteiger partial charge in [0.2, 0.25) is 11.6 Å². The SMILES string of the molecule is C1CCC(C2CCC34OC3(C2)O4)CC1. The zero-order valence-electron chi connectivity index (χ0n) is 8.63. The third-order valence-electron chi connectivity index (χ3n) is 4.85. The second kappa shape index (κ2) is 2.35. The van der Waals surface area contributed by atoms with Crippen molar-refractivity contribution in [2.75, 3.05) is 0 Å². The van der Waals surface area contributed by atoms with Crippen molar-refractivity contribution >= 4 is 0 Å². The summed E-state index contributed by atoms with van der Waals surface area (Å²) in [6, 6.07) is 0. The average Bonchev–Trinajstić information content (AvgIpc) is 3.03. The molecule has 0 bridgehead atoms. The van der Waals surface area contributed by atoms with E-state index in [9.17, 15) is 0 Å². The lowest BCUT2D eigenvalue weighted by Crippen LogP contribution is -2.23. The minimum atomic E-state index is -0.0344. The number of hydrogen-bond acceptors (Lipinski definition) is 2. The molecule has 14 heavy (non-hydrogen) atoms. The van der Waals surface area contributed by atoms with Gasteiger partial charge in [-0.25, -0.2) is 0 Å². The van der Waals surface area contributed by atoms with Crippen molar-refractivity contribution in [3.8, 4) is 0 Å². The third kappa shape index (κ3) is 0.892. The first kappa shape index (κ1) is 8.12. The van der Waals surface area contributed by atoms with Crippen LogP contribution < -0.4 is 0 Å². The molecule has 0 N–H and O–H groups in total. The number of epoxide rings is 2. The van der Waals surface area contributed by atoms with Crippen molar-refractivity contribution in [2.45, 2.75) is 62.9 Å². The summed E-state index contributed by atoms with van der Waals surface area (Å²) in [5.41, 5.74) is 0. The Kier molecular flexibility index (Phi) is 1.37. The maximum atomic E-state index is 5.64. The van der Waals surface area contributed by atoms with Crippen molar-refractivity contribution in [2.24, 2.45) is 11.8 Å². The van der Waals surface area contributed by atoms with E-state index < -0.39 is 0 Å². The van der Waals surface area contributed by atoms with Crippen LogP contribution in [0.3, 0.4) is 0 Å². The highest BCUT2D eigenvalue weighted by Gasteiger charge is 2.91. The highest BCUT2D eigenvalue weighted by atomic mass is 17.0. The largest absolute Gasteiger partial charge is 0.307 e. The second-order valence-electron chi connectivity index (χ2n) is 5.61. The highest BCUT2D eigenvalue weighted by molar-refractivity contribution is 5.21. The van der Waals surface area contributed by atoms with Crippen molar-refractivity contribution in [3.63, 3.8) is 0 Å². The van der Waals surface area contributed by atoms with Crippen LogP contribution in [0.1, 0.15) is 51.4 Å². The van der Waals surface area contributed by atoms with Gasteiger partial charge in [-0.05, 0) is 18.3 Å². The van der Waals surface area contributed by atoms with Gasteiger partial charge in [-0.2, -0.15) is 0 Å². The molecule has 0 amide bonds. The Balaban J connectivity index is 1.45. The zero-order chi connectivity index (χ0) is 9.23. The predicted octanol–water partition coefficient (Wildman–Crippen LogP) is 2.82. The minimum absolute atomic E-state index is 0.0296. The number of rotatable bonds is 1. The van der Waals surface area contributed by atoms with Gasteiger partial charge in [0, 0.05) is 12.8 Å². The normalized spacial score (nSPS) is 56.1. The Hall–Kier alpha value is -0.0800. The van der Waals surface area contributed by atoms with Gasteiger partial charge in [0.25, 0.3) is 0 Å². The molecule has 2 saturated carbocycles. The molecule has 4 fully saturated rings. The van der Waals surface area contributed by atoms with Gasteiger partial charge in [0.05, 0.1) is 0 Å². The quantitative estimate of drug-likeness (QED) is 0.600. The Morgan fingerprint density at radius 1 is 0.786 bits per heavy atom.